The summed E-state index contributed by atoms with van der Waals surface area (Å²) in [6, 6.07) is 2.87. The van der Waals surface area contributed by atoms with Gasteiger partial charge in [0, 0.05) is 31.3 Å². The lowest BCUT2D eigenvalue weighted by Crippen LogP contribution is -2.27. The zero-order chi connectivity index (χ0) is 14.8. The van der Waals surface area contributed by atoms with Crippen LogP contribution in [0, 0.1) is 11.2 Å². The monoisotopic (exact) mass is 319 g/mol. The summed E-state index contributed by atoms with van der Waals surface area (Å²) in [4.78, 5) is 0. The number of rotatable bonds is 7. The van der Waals surface area contributed by atoms with E-state index in [4.69, 9.17) is 27.9 Å². The predicted molar refractivity (Wildman–Crippen MR) is 81.0 cm³/mol. The molecule has 1 N–H and O–H groups in total. The average molecular weight is 320 g/mol. The SMILES string of the molecule is COCCC1(CNC(C)c2cc(F)c(Cl)cc2Cl)CC1. The second kappa shape index (κ2) is 6.61. The molecule has 1 aromatic carbocycles. The van der Waals surface area contributed by atoms with Crippen molar-refractivity contribution >= 4 is 23.2 Å². The van der Waals surface area contributed by atoms with E-state index in [2.05, 4.69) is 5.32 Å². The standard InChI is InChI=1S/C15H20Cl2FNO/c1-10(11-7-14(18)13(17)8-12(11)16)19-9-15(3-4-15)5-6-20-2/h7-8,10,19H,3-6,9H2,1-2H3. The van der Waals surface area contributed by atoms with Gasteiger partial charge in [0.25, 0.3) is 0 Å². The highest BCUT2D eigenvalue weighted by Gasteiger charge is 2.41. The Labute approximate surface area is 129 Å². The van der Waals surface area contributed by atoms with Gasteiger partial charge in [-0.1, -0.05) is 23.2 Å². The summed E-state index contributed by atoms with van der Waals surface area (Å²) >= 11 is 11.8. The van der Waals surface area contributed by atoms with Gasteiger partial charge in [0.15, 0.2) is 0 Å². The lowest BCUT2D eigenvalue weighted by atomic mass is 10.0. The van der Waals surface area contributed by atoms with E-state index in [9.17, 15) is 4.39 Å². The molecule has 0 aromatic heterocycles. The molecule has 0 radical (unpaired) electrons. The third kappa shape index (κ3) is 3.85. The van der Waals surface area contributed by atoms with Crippen LogP contribution in [0.3, 0.4) is 0 Å². The molecule has 1 saturated carbocycles. The molecule has 1 aliphatic rings. The van der Waals surface area contributed by atoms with E-state index in [1.165, 1.54) is 25.0 Å². The van der Waals surface area contributed by atoms with Gasteiger partial charge in [-0.05, 0) is 49.3 Å². The highest BCUT2D eigenvalue weighted by molar-refractivity contribution is 6.35. The summed E-state index contributed by atoms with van der Waals surface area (Å²) in [6.45, 7) is 3.67. The normalized spacial score (nSPS) is 18.1. The molecule has 1 unspecified atom stereocenters. The van der Waals surface area contributed by atoms with E-state index in [1.807, 2.05) is 6.92 Å². The molecule has 0 heterocycles. The predicted octanol–water partition coefficient (Wildman–Crippen LogP) is 4.60. The molecule has 1 aliphatic carbocycles. The van der Waals surface area contributed by atoms with Crippen molar-refractivity contribution in [2.75, 3.05) is 20.3 Å². The van der Waals surface area contributed by atoms with Gasteiger partial charge < -0.3 is 10.1 Å². The van der Waals surface area contributed by atoms with Crippen LogP contribution in [0.2, 0.25) is 10.0 Å². The number of benzene rings is 1. The maximum Gasteiger partial charge on any atom is 0.142 e. The van der Waals surface area contributed by atoms with Crippen LogP contribution in [0.4, 0.5) is 4.39 Å². The fourth-order valence-corrected chi connectivity index (χ4v) is 2.91. The van der Waals surface area contributed by atoms with Crippen LogP contribution in [0.1, 0.15) is 37.8 Å². The van der Waals surface area contributed by atoms with Crippen molar-refractivity contribution in [1.82, 2.24) is 5.32 Å². The molecule has 2 rings (SSSR count). The Hall–Kier alpha value is -0.350. The minimum atomic E-state index is -0.430. The Morgan fingerprint density at radius 2 is 2.05 bits per heavy atom. The van der Waals surface area contributed by atoms with Crippen molar-refractivity contribution in [2.24, 2.45) is 5.41 Å². The molecule has 1 atom stereocenters. The largest absolute Gasteiger partial charge is 0.385 e. The second-order valence-electron chi connectivity index (χ2n) is 5.63. The highest BCUT2D eigenvalue weighted by atomic mass is 35.5. The molecule has 0 amide bonds. The molecule has 0 saturated heterocycles. The zero-order valence-electron chi connectivity index (χ0n) is 11.8. The van der Waals surface area contributed by atoms with Crippen LogP contribution in [0.25, 0.3) is 0 Å². The molecule has 0 spiro atoms. The molecule has 0 bridgehead atoms. The molecular weight excluding hydrogens is 300 g/mol. The van der Waals surface area contributed by atoms with E-state index in [0.717, 1.165) is 25.1 Å². The van der Waals surface area contributed by atoms with Crippen LogP contribution in [-0.2, 0) is 4.74 Å². The molecule has 20 heavy (non-hydrogen) atoms. The average Bonchev–Trinajstić information content (AvgIpc) is 3.18. The Morgan fingerprint density at radius 3 is 2.65 bits per heavy atom. The molecule has 1 aromatic rings. The molecule has 5 heteroatoms. The van der Waals surface area contributed by atoms with Crippen molar-refractivity contribution in [3.05, 3.63) is 33.6 Å². The maximum atomic E-state index is 13.5. The number of ether oxygens (including phenoxy) is 1. The van der Waals surface area contributed by atoms with E-state index < -0.39 is 5.82 Å². The van der Waals surface area contributed by atoms with Crippen LogP contribution < -0.4 is 5.32 Å². The second-order valence-corrected chi connectivity index (χ2v) is 6.45. The summed E-state index contributed by atoms with van der Waals surface area (Å²) in [5, 5.41) is 4.01. The Morgan fingerprint density at radius 1 is 1.35 bits per heavy atom. The van der Waals surface area contributed by atoms with Crippen LogP contribution in [0.5, 0.6) is 0 Å². The van der Waals surface area contributed by atoms with Gasteiger partial charge in [-0.3, -0.25) is 0 Å². The lowest BCUT2D eigenvalue weighted by Gasteiger charge is -2.21. The minimum Gasteiger partial charge on any atom is -0.385 e. The topological polar surface area (TPSA) is 21.3 Å². The van der Waals surface area contributed by atoms with Crippen molar-refractivity contribution in [1.29, 1.82) is 0 Å². The summed E-state index contributed by atoms with van der Waals surface area (Å²) in [7, 11) is 1.72. The van der Waals surface area contributed by atoms with Gasteiger partial charge in [0.05, 0.1) is 5.02 Å². The third-order valence-electron chi connectivity index (χ3n) is 4.08. The Kier molecular flexibility index (Phi) is 5.30. The van der Waals surface area contributed by atoms with Crippen molar-refractivity contribution in [3.63, 3.8) is 0 Å². The van der Waals surface area contributed by atoms with Crippen LogP contribution in [-0.4, -0.2) is 20.3 Å². The molecule has 0 aliphatic heterocycles. The molecular formula is C15H20Cl2FNO. The van der Waals surface area contributed by atoms with E-state index in [0.29, 0.717) is 10.4 Å². The number of hydrogen-bond acceptors (Lipinski definition) is 2. The number of hydrogen-bond donors (Lipinski definition) is 1. The van der Waals surface area contributed by atoms with Gasteiger partial charge in [-0.15, -0.1) is 0 Å². The van der Waals surface area contributed by atoms with E-state index in [1.54, 1.807) is 7.11 Å². The first kappa shape index (κ1) is 16.0. The first-order valence-corrected chi connectivity index (χ1v) is 7.60. The van der Waals surface area contributed by atoms with Crippen molar-refractivity contribution in [3.8, 4) is 0 Å². The van der Waals surface area contributed by atoms with Gasteiger partial charge in [0.1, 0.15) is 5.82 Å². The molecule has 112 valence electrons. The first-order valence-electron chi connectivity index (χ1n) is 6.84. The minimum absolute atomic E-state index is 0.00529. The lowest BCUT2D eigenvalue weighted by molar-refractivity contribution is 0.170. The highest BCUT2D eigenvalue weighted by Crippen LogP contribution is 2.48. The fourth-order valence-electron chi connectivity index (χ4n) is 2.36. The summed E-state index contributed by atoms with van der Waals surface area (Å²) in [6.07, 6.45) is 3.50. The summed E-state index contributed by atoms with van der Waals surface area (Å²) in [5.74, 6) is -0.430. The first-order chi connectivity index (χ1) is 9.47. The van der Waals surface area contributed by atoms with Crippen LogP contribution >= 0.6 is 23.2 Å². The van der Waals surface area contributed by atoms with Gasteiger partial charge in [-0.25, -0.2) is 4.39 Å². The zero-order valence-corrected chi connectivity index (χ0v) is 13.3. The number of methoxy groups -OCH3 is 1. The Balaban J connectivity index is 1.95. The number of nitrogens with one attached hydrogen (secondary N) is 1. The smallest absolute Gasteiger partial charge is 0.142 e. The Bertz CT molecular complexity index is 477. The summed E-state index contributed by atoms with van der Waals surface area (Å²) in [5.41, 5.74) is 1.10. The maximum absolute atomic E-state index is 13.5. The quantitative estimate of drug-likeness (QED) is 0.741. The molecule has 2 nitrogen and oxygen atoms in total. The summed E-state index contributed by atoms with van der Waals surface area (Å²) < 4.78 is 18.7. The van der Waals surface area contributed by atoms with Gasteiger partial charge in [0.2, 0.25) is 0 Å². The fraction of sp³-hybridized carbons (Fsp3) is 0.600. The molecule has 1 fully saturated rings. The van der Waals surface area contributed by atoms with E-state index >= 15 is 0 Å². The van der Waals surface area contributed by atoms with Crippen molar-refractivity contribution < 1.29 is 9.13 Å². The number of halogens is 3. The van der Waals surface area contributed by atoms with Crippen molar-refractivity contribution in [2.45, 2.75) is 32.2 Å². The van der Waals surface area contributed by atoms with Gasteiger partial charge in [-0.2, -0.15) is 0 Å². The van der Waals surface area contributed by atoms with E-state index in [-0.39, 0.29) is 11.1 Å². The van der Waals surface area contributed by atoms with Crippen LogP contribution in [0.15, 0.2) is 12.1 Å². The third-order valence-corrected chi connectivity index (χ3v) is 4.70. The van der Waals surface area contributed by atoms with Gasteiger partial charge >= 0.3 is 0 Å².